The standard InChI is InChI=1S/C23H19FN2O5S/c1-30-17-6-7-18-15(13-31-19(18)12-17)11-21(27)25-8-9-26-22(28)20(32-23(26)29)10-14-2-4-16(24)5-3-14/h2-7,10,12-13H,8-9,11H2,1H3,(H,25,27). The Balaban J connectivity index is 1.32. The van der Waals surface area contributed by atoms with Gasteiger partial charge in [0.2, 0.25) is 5.91 Å². The van der Waals surface area contributed by atoms with Gasteiger partial charge in [0.1, 0.15) is 17.1 Å². The summed E-state index contributed by atoms with van der Waals surface area (Å²) in [4.78, 5) is 38.4. The topological polar surface area (TPSA) is 88.9 Å². The maximum absolute atomic E-state index is 13.0. The van der Waals surface area contributed by atoms with Crippen LogP contribution in [-0.2, 0) is 16.0 Å². The van der Waals surface area contributed by atoms with Gasteiger partial charge >= 0.3 is 0 Å². The lowest BCUT2D eigenvalue weighted by Crippen LogP contribution is -2.37. The number of amides is 3. The second-order valence-corrected chi connectivity index (χ2v) is 8.03. The lowest BCUT2D eigenvalue weighted by atomic mass is 10.1. The Kier molecular flexibility index (Phi) is 6.27. The summed E-state index contributed by atoms with van der Waals surface area (Å²) >= 11 is 0.817. The molecule has 9 heteroatoms. The van der Waals surface area contributed by atoms with Gasteiger partial charge in [-0.3, -0.25) is 19.3 Å². The summed E-state index contributed by atoms with van der Waals surface area (Å²) in [5.41, 5.74) is 1.97. The Labute approximate surface area is 187 Å². The molecule has 3 aromatic rings. The SMILES string of the molecule is COc1ccc2c(CC(=O)NCCN3C(=O)SC(=Cc4ccc(F)cc4)C3=O)coc2c1. The molecule has 0 saturated carbocycles. The average Bonchev–Trinajstić information content (AvgIpc) is 3.30. The van der Waals surface area contributed by atoms with Crippen molar-refractivity contribution in [2.45, 2.75) is 6.42 Å². The van der Waals surface area contributed by atoms with Crippen LogP contribution in [0.4, 0.5) is 9.18 Å². The zero-order valence-electron chi connectivity index (χ0n) is 17.1. The summed E-state index contributed by atoms with van der Waals surface area (Å²) in [7, 11) is 1.56. The number of nitrogens with zero attached hydrogens (tertiary/aromatic N) is 1. The van der Waals surface area contributed by atoms with E-state index in [0.717, 1.165) is 27.6 Å². The Bertz CT molecular complexity index is 1220. The maximum atomic E-state index is 13.0. The fourth-order valence-electron chi connectivity index (χ4n) is 3.27. The zero-order valence-corrected chi connectivity index (χ0v) is 17.9. The minimum Gasteiger partial charge on any atom is -0.497 e. The molecule has 0 atom stereocenters. The Morgan fingerprint density at radius 2 is 2.00 bits per heavy atom. The van der Waals surface area contributed by atoms with Crippen LogP contribution in [0, 0.1) is 5.82 Å². The van der Waals surface area contributed by atoms with Gasteiger partial charge < -0.3 is 14.5 Å². The summed E-state index contributed by atoms with van der Waals surface area (Å²) in [5, 5.41) is 3.13. The van der Waals surface area contributed by atoms with Crippen LogP contribution < -0.4 is 10.1 Å². The van der Waals surface area contributed by atoms with Crippen molar-refractivity contribution < 1.29 is 27.9 Å². The average molecular weight is 454 g/mol. The number of nitrogens with one attached hydrogen (secondary N) is 1. The van der Waals surface area contributed by atoms with Gasteiger partial charge in [-0.2, -0.15) is 0 Å². The van der Waals surface area contributed by atoms with E-state index < -0.39 is 11.1 Å². The van der Waals surface area contributed by atoms with Crippen molar-refractivity contribution in [1.29, 1.82) is 0 Å². The number of rotatable bonds is 7. The summed E-state index contributed by atoms with van der Waals surface area (Å²) in [6.07, 6.45) is 3.17. The molecule has 164 valence electrons. The highest BCUT2D eigenvalue weighted by Gasteiger charge is 2.34. The highest BCUT2D eigenvalue weighted by Crippen LogP contribution is 2.32. The van der Waals surface area contributed by atoms with Crippen LogP contribution in [0.25, 0.3) is 17.0 Å². The first-order valence-electron chi connectivity index (χ1n) is 9.76. The van der Waals surface area contributed by atoms with Crippen LogP contribution >= 0.6 is 11.8 Å². The molecule has 0 unspecified atom stereocenters. The number of thioether (sulfide) groups is 1. The molecule has 0 radical (unpaired) electrons. The number of benzene rings is 2. The summed E-state index contributed by atoms with van der Waals surface area (Å²) < 4.78 is 23.7. The van der Waals surface area contributed by atoms with E-state index in [1.54, 1.807) is 25.3 Å². The van der Waals surface area contributed by atoms with Crippen molar-refractivity contribution in [2.75, 3.05) is 20.2 Å². The molecule has 1 saturated heterocycles. The van der Waals surface area contributed by atoms with E-state index in [1.807, 2.05) is 6.07 Å². The monoisotopic (exact) mass is 454 g/mol. The predicted octanol–water partition coefficient (Wildman–Crippen LogP) is 3.98. The number of furan rings is 1. The van der Waals surface area contributed by atoms with E-state index in [-0.39, 0.29) is 36.1 Å². The molecule has 1 N–H and O–H groups in total. The molecule has 7 nitrogen and oxygen atoms in total. The summed E-state index contributed by atoms with van der Waals surface area (Å²) in [6, 6.07) is 11.0. The van der Waals surface area contributed by atoms with Crippen molar-refractivity contribution in [2.24, 2.45) is 0 Å². The number of halogens is 1. The highest BCUT2D eigenvalue weighted by atomic mass is 32.2. The van der Waals surface area contributed by atoms with Gasteiger partial charge in [-0.1, -0.05) is 12.1 Å². The lowest BCUT2D eigenvalue weighted by molar-refractivity contribution is -0.124. The first kappa shape index (κ1) is 21.6. The largest absolute Gasteiger partial charge is 0.497 e. The van der Waals surface area contributed by atoms with Crippen LogP contribution in [0.3, 0.4) is 0 Å². The number of imide groups is 1. The Morgan fingerprint density at radius 3 is 2.75 bits per heavy atom. The summed E-state index contributed by atoms with van der Waals surface area (Å²) in [5.74, 6) is -0.409. The molecule has 1 aliphatic heterocycles. The Morgan fingerprint density at radius 1 is 1.22 bits per heavy atom. The quantitative estimate of drug-likeness (QED) is 0.544. The molecule has 1 aliphatic rings. The Hall–Kier alpha value is -3.59. The molecular weight excluding hydrogens is 435 g/mol. The minimum atomic E-state index is -0.437. The minimum absolute atomic E-state index is 0.0560. The third-order valence-electron chi connectivity index (χ3n) is 4.91. The van der Waals surface area contributed by atoms with E-state index in [2.05, 4.69) is 5.32 Å². The van der Waals surface area contributed by atoms with Gasteiger partial charge in [0.15, 0.2) is 0 Å². The number of hydrogen-bond acceptors (Lipinski definition) is 6. The third kappa shape index (κ3) is 4.67. The van der Waals surface area contributed by atoms with Crippen LogP contribution in [-0.4, -0.2) is 42.2 Å². The first-order chi connectivity index (χ1) is 15.4. The molecule has 0 aliphatic carbocycles. The molecule has 32 heavy (non-hydrogen) atoms. The second kappa shape index (κ2) is 9.27. The molecular formula is C23H19FN2O5S. The molecule has 0 spiro atoms. The second-order valence-electron chi connectivity index (χ2n) is 7.03. The molecule has 4 rings (SSSR count). The van der Waals surface area contributed by atoms with Crippen molar-refractivity contribution in [3.05, 3.63) is 70.6 Å². The normalized spacial score (nSPS) is 15.1. The molecule has 1 fully saturated rings. The van der Waals surface area contributed by atoms with Crippen molar-refractivity contribution >= 4 is 45.9 Å². The number of ether oxygens (including phenoxy) is 1. The van der Waals surface area contributed by atoms with E-state index in [0.29, 0.717) is 16.9 Å². The van der Waals surface area contributed by atoms with Gasteiger partial charge in [-0.05, 0) is 47.7 Å². The molecule has 2 heterocycles. The van der Waals surface area contributed by atoms with E-state index in [1.165, 1.54) is 30.5 Å². The van der Waals surface area contributed by atoms with Gasteiger partial charge in [0.25, 0.3) is 11.1 Å². The molecule has 1 aromatic heterocycles. The van der Waals surface area contributed by atoms with Gasteiger partial charge in [0, 0.05) is 30.1 Å². The molecule has 2 aromatic carbocycles. The smallest absolute Gasteiger partial charge is 0.293 e. The fourth-order valence-corrected chi connectivity index (χ4v) is 4.14. The van der Waals surface area contributed by atoms with Crippen LogP contribution in [0.5, 0.6) is 5.75 Å². The van der Waals surface area contributed by atoms with Gasteiger partial charge in [0.05, 0.1) is 24.7 Å². The summed E-state index contributed by atoms with van der Waals surface area (Å²) in [6.45, 7) is 0.185. The van der Waals surface area contributed by atoms with Crippen molar-refractivity contribution in [3.63, 3.8) is 0 Å². The molecule has 3 amide bonds. The lowest BCUT2D eigenvalue weighted by Gasteiger charge is -2.12. The highest BCUT2D eigenvalue weighted by molar-refractivity contribution is 8.18. The number of carbonyl (C=O) groups excluding carboxylic acids is 3. The number of methoxy groups -OCH3 is 1. The molecule has 0 bridgehead atoms. The van der Waals surface area contributed by atoms with E-state index in [4.69, 9.17) is 9.15 Å². The van der Waals surface area contributed by atoms with Crippen LogP contribution in [0.15, 0.2) is 58.1 Å². The van der Waals surface area contributed by atoms with Gasteiger partial charge in [-0.15, -0.1) is 0 Å². The van der Waals surface area contributed by atoms with Crippen molar-refractivity contribution in [1.82, 2.24) is 10.2 Å². The van der Waals surface area contributed by atoms with E-state index >= 15 is 0 Å². The van der Waals surface area contributed by atoms with E-state index in [9.17, 15) is 18.8 Å². The van der Waals surface area contributed by atoms with Crippen LogP contribution in [0.2, 0.25) is 0 Å². The van der Waals surface area contributed by atoms with Crippen LogP contribution in [0.1, 0.15) is 11.1 Å². The zero-order chi connectivity index (χ0) is 22.7. The fraction of sp³-hybridized carbons (Fsp3) is 0.174. The number of hydrogen-bond donors (Lipinski definition) is 1. The van der Waals surface area contributed by atoms with Crippen molar-refractivity contribution in [3.8, 4) is 5.75 Å². The number of fused-ring (bicyclic) bond motifs is 1. The first-order valence-corrected chi connectivity index (χ1v) is 10.6. The maximum Gasteiger partial charge on any atom is 0.293 e. The number of carbonyl (C=O) groups is 3. The third-order valence-corrected chi connectivity index (χ3v) is 5.82. The predicted molar refractivity (Wildman–Crippen MR) is 119 cm³/mol. The van der Waals surface area contributed by atoms with Gasteiger partial charge in [-0.25, -0.2) is 4.39 Å².